The van der Waals surface area contributed by atoms with Gasteiger partial charge in [-0.1, -0.05) is 17.7 Å². The number of ether oxygens (including phenoxy) is 1. The van der Waals surface area contributed by atoms with Gasteiger partial charge >= 0.3 is 0 Å². The summed E-state index contributed by atoms with van der Waals surface area (Å²) in [6.07, 6.45) is 0.328. The van der Waals surface area contributed by atoms with E-state index in [9.17, 15) is 9.59 Å². The molecule has 1 heterocycles. The number of rotatable bonds is 5. The number of nitrogens with one attached hydrogen (secondary N) is 1. The number of carbonyl (C=O) groups is 2. The van der Waals surface area contributed by atoms with Crippen LogP contribution in [0.15, 0.2) is 24.3 Å². The van der Waals surface area contributed by atoms with Gasteiger partial charge < -0.3 is 15.0 Å². The fraction of sp³-hybridized carbons (Fsp3) is 0.619. The lowest BCUT2D eigenvalue weighted by atomic mass is 10.1. The Morgan fingerprint density at radius 1 is 1.11 bits per heavy atom. The van der Waals surface area contributed by atoms with Crippen molar-refractivity contribution in [3.8, 4) is 5.75 Å². The average Bonchev–Trinajstić information content (AvgIpc) is 2.80. The maximum Gasteiger partial charge on any atom is 0.263 e. The summed E-state index contributed by atoms with van der Waals surface area (Å²) in [7, 11) is 0. The third-order valence-corrected chi connectivity index (χ3v) is 4.46. The normalized spacial score (nSPS) is 17.1. The number of nitrogens with zero attached hydrogens (tertiary/aromatic N) is 2. The lowest BCUT2D eigenvalue weighted by Gasteiger charge is -2.26. The Morgan fingerprint density at radius 3 is 2.41 bits per heavy atom. The van der Waals surface area contributed by atoms with Crippen molar-refractivity contribution in [3.05, 3.63) is 29.8 Å². The van der Waals surface area contributed by atoms with Crippen LogP contribution in [-0.4, -0.2) is 66.0 Å². The fourth-order valence-corrected chi connectivity index (χ4v) is 3.14. The standard InChI is InChI=1S/C21H33N3O3/c1-16-7-9-18(10-8-16)27-17(2)20(26)24-12-6-11-23(13-14-24)15-19(25)22-21(3,4)5/h7-10,17H,6,11-15H2,1-5H3,(H,22,25)/t17-/m0/s1. The zero-order valence-electron chi connectivity index (χ0n) is 17.2. The smallest absolute Gasteiger partial charge is 0.263 e. The van der Waals surface area contributed by atoms with Gasteiger partial charge in [0.25, 0.3) is 5.91 Å². The molecule has 0 unspecified atom stereocenters. The van der Waals surface area contributed by atoms with E-state index in [4.69, 9.17) is 4.74 Å². The van der Waals surface area contributed by atoms with Crippen molar-refractivity contribution < 1.29 is 14.3 Å². The second-order valence-corrected chi connectivity index (χ2v) is 8.33. The maximum absolute atomic E-state index is 12.7. The second-order valence-electron chi connectivity index (χ2n) is 8.33. The Hall–Kier alpha value is -2.08. The summed E-state index contributed by atoms with van der Waals surface area (Å²) in [5.74, 6) is 0.728. The van der Waals surface area contributed by atoms with Gasteiger partial charge in [-0.2, -0.15) is 0 Å². The highest BCUT2D eigenvalue weighted by atomic mass is 16.5. The zero-order chi connectivity index (χ0) is 20.0. The largest absolute Gasteiger partial charge is 0.481 e. The third kappa shape index (κ3) is 7.21. The molecule has 0 bridgehead atoms. The number of amides is 2. The van der Waals surface area contributed by atoms with Gasteiger partial charge in [0.1, 0.15) is 5.75 Å². The van der Waals surface area contributed by atoms with E-state index in [1.807, 2.05) is 56.9 Å². The first-order valence-electron chi connectivity index (χ1n) is 9.69. The van der Waals surface area contributed by atoms with Crippen LogP contribution in [0.2, 0.25) is 0 Å². The van der Waals surface area contributed by atoms with Gasteiger partial charge in [0.2, 0.25) is 5.91 Å². The van der Waals surface area contributed by atoms with Crippen molar-refractivity contribution in [2.75, 3.05) is 32.7 Å². The number of hydrogen-bond acceptors (Lipinski definition) is 4. The summed E-state index contributed by atoms with van der Waals surface area (Å²) in [5.41, 5.74) is 0.928. The Labute approximate surface area is 162 Å². The molecule has 6 nitrogen and oxygen atoms in total. The predicted octanol–water partition coefficient (Wildman–Crippen LogP) is 2.21. The molecule has 27 heavy (non-hydrogen) atoms. The van der Waals surface area contributed by atoms with Crippen molar-refractivity contribution in [2.45, 2.75) is 52.7 Å². The average molecular weight is 376 g/mol. The van der Waals surface area contributed by atoms with Crippen LogP contribution in [0.1, 0.15) is 39.7 Å². The molecule has 1 N–H and O–H groups in total. The maximum atomic E-state index is 12.7. The lowest BCUT2D eigenvalue weighted by Crippen LogP contribution is -2.47. The van der Waals surface area contributed by atoms with E-state index in [1.54, 1.807) is 6.92 Å². The first-order valence-corrected chi connectivity index (χ1v) is 9.69. The quantitative estimate of drug-likeness (QED) is 0.857. The van der Waals surface area contributed by atoms with Crippen LogP contribution in [0.5, 0.6) is 5.75 Å². The molecule has 2 rings (SSSR count). The van der Waals surface area contributed by atoms with Crippen LogP contribution < -0.4 is 10.1 Å². The molecule has 0 radical (unpaired) electrons. The van der Waals surface area contributed by atoms with E-state index in [2.05, 4.69) is 10.2 Å². The molecule has 6 heteroatoms. The molecular formula is C21H33N3O3. The molecule has 0 aliphatic carbocycles. The van der Waals surface area contributed by atoms with E-state index in [0.29, 0.717) is 31.9 Å². The molecule has 1 fully saturated rings. The summed E-state index contributed by atoms with van der Waals surface area (Å²) in [4.78, 5) is 28.8. The molecule has 0 aromatic heterocycles. The fourth-order valence-electron chi connectivity index (χ4n) is 3.14. The molecule has 1 saturated heterocycles. The van der Waals surface area contributed by atoms with Gasteiger partial charge in [0.15, 0.2) is 6.10 Å². The van der Waals surface area contributed by atoms with Crippen LogP contribution in [-0.2, 0) is 9.59 Å². The van der Waals surface area contributed by atoms with Crippen molar-refractivity contribution in [1.29, 1.82) is 0 Å². The molecule has 150 valence electrons. The first kappa shape index (κ1) is 21.2. The van der Waals surface area contributed by atoms with Crippen LogP contribution >= 0.6 is 0 Å². The van der Waals surface area contributed by atoms with Crippen LogP contribution in [0.4, 0.5) is 0 Å². The van der Waals surface area contributed by atoms with Crippen molar-refractivity contribution >= 4 is 11.8 Å². The van der Waals surface area contributed by atoms with Crippen molar-refractivity contribution in [2.24, 2.45) is 0 Å². The molecule has 1 aliphatic rings. The summed E-state index contributed by atoms with van der Waals surface area (Å²) in [6.45, 7) is 12.9. The molecule has 1 atom stereocenters. The van der Waals surface area contributed by atoms with Gasteiger partial charge in [0, 0.05) is 31.7 Å². The van der Waals surface area contributed by atoms with E-state index in [0.717, 1.165) is 18.5 Å². The zero-order valence-corrected chi connectivity index (χ0v) is 17.2. The number of aryl methyl sites for hydroxylation is 1. The van der Waals surface area contributed by atoms with Crippen molar-refractivity contribution in [3.63, 3.8) is 0 Å². The molecule has 2 amide bonds. The summed E-state index contributed by atoms with van der Waals surface area (Å²) in [6, 6.07) is 7.71. The second kappa shape index (κ2) is 9.22. The lowest BCUT2D eigenvalue weighted by molar-refractivity contribution is -0.137. The minimum atomic E-state index is -0.525. The molecule has 1 aromatic carbocycles. The molecule has 0 saturated carbocycles. The topological polar surface area (TPSA) is 61.9 Å². The Balaban J connectivity index is 1.84. The number of carbonyl (C=O) groups excluding carboxylic acids is 2. The SMILES string of the molecule is Cc1ccc(O[C@@H](C)C(=O)N2CCCN(CC(=O)NC(C)(C)C)CC2)cc1. The predicted molar refractivity (Wildman–Crippen MR) is 107 cm³/mol. The van der Waals surface area contributed by atoms with Crippen LogP contribution in [0, 0.1) is 6.92 Å². The van der Waals surface area contributed by atoms with E-state index >= 15 is 0 Å². The van der Waals surface area contributed by atoms with Gasteiger partial charge in [0.05, 0.1) is 6.54 Å². The highest BCUT2D eigenvalue weighted by molar-refractivity contribution is 5.81. The van der Waals surface area contributed by atoms with Gasteiger partial charge in [-0.05, 0) is 53.2 Å². The van der Waals surface area contributed by atoms with Crippen LogP contribution in [0.25, 0.3) is 0 Å². The minimum Gasteiger partial charge on any atom is -0.481 e. The Bertz CT molecular complexity index is 637. The molecule has 1 aliphatic heterocycles. The van der Waals surface area contributed by atoms with Gasteiger partial charge in [-0.3, -0.25) is 14.5 Å². The highest BCUT2D eigenvalue weighted by Crippen LogP contribution is 2.15. The van der Waals surface area contributed by atoms with Crippen molar-refractivity contribution in [1.82, 2.24) is 15.1 Å². The van der Waals surface area contributed by atoms with Gasteiger partial charge in [-0.15, -0.1) is 0 Å². The highest BCUT2D eigenvalue weighted by Gasteiger charge is 2.25. The molecule has 0 spiro atoms. The molecule has 1 aromatic rings. The van der Waals surface area contributed by atoms with Crippen LogP contribution in [0.3, 0.4) is 0 Å². The third-order valence-electron chi connectivity index (χ3n) is 4.46. The summed E-state index contributed by atoms with van der Waals surface area (Å²) in [5, 5.41) is 2.99. The Morgan fingerprint density at radius 2 is 1.78 bits per heavy atom. The summed E-state index contributed by atoms with van der Waals surface area (Å²) >= 11 is 0. The molecular weight excluding hydrogens is 342 g/mol. The monoisotopic (exact) mass is 375 g/mol. The number of hydrogen-bond donors (Lipinski definition) is 1. The summed E-state index contributed by atoms with van der Waals surface area (Å²) < 4.78 is 5.80. The van der Waals surface area contributed by atoms with E-state index < -0.39 is 6.10 Å². The first-order chi connectivity index (χ1) is 12.6. The number of benzene rings is 1. The van der Waals surface area contributed by atoms with E-state index in [1.165, 1.54) is 0 Å². The minimum absolute atomic E-state index is 0.00318. The Kier molecular flexibility index (Phi) is 7.25. The van der Waals surface area contributed by atoms with Gasteiger partial charge in [-0.25, -0.2) is 0 Å². The van der Waals surface area contributed by atoms with E-state index in [-0.39, 0.29) is 17.4 Å².